The largest absolute Gasteiger partial charge is 0.427 e. The van der Waals surface area contributed by atoms with E-state index in [4.69, 9.17) is 17.3 Å². The number of nitrogens with zero attached hydrogens (tertiary/aromatic N) is 3. The van der Waals surface area contributed by atoms with Crippen LogP contribution in [-0.4, -0.2) is 33.7 Å². The topological polar surface area (TPSA) is 93.2 Å². The summed E-state index contributed by atoms with van der Waals surface area (Å²) >= 11 is 6.33. The normalized spacial score (nSPS) is 20.5. The van der Waals surface area contributed by atoms with E-state index in [0.29, 0.717) is 10.5 Å². The summed E-state index contributed by atoms with van der Waals surface area (Å²) in [6, 6.07) is 1.52. The number of benzene rings is 1. The van der Waals surface area contributed by atoms with Crippen molar-refractivity contribution >= 4 is 29.1 Å². The quantitative estimate of drug-likeness (QED) is 0.686. The van der Waals surface area contributed by atoms with Gasteiger partial charge < -0.3 is 15.6 Å². The minimum Gasteiger partial charge on any atom is -0.379 e. The second-order valence-electron chi connectivity index (χ2n) is 7.48. The van der Waals surface area contributed by atoms with E-state index >= 15 is 0 Å². The van der Waals surface area contributed by atoms with E-state index in [1.807, 2.05) is 0 Å². The minimum absolute atomic E-state index is 0.00701. The van der Waals surface area contributed by atoms with Crippen molar-refractivity contribution in [3.05, 3.63) is 51.0 Å². The molecule has 162 valence electrons. The molecular formula is C20H17ClF3N5O2. The minimum atomic E-state index is -4.88. The maximum atomic E-state index is 14.4. The monoisotopic (exact) mass is 451 g/mol. The van der Waals surface area contributed by atoms with Gasteiger partial charge in [-0.25, -0.2) is 9.78 Å². The summed E-state index contributed by atoms with van der Waals surface area (Å²) in [5.41, 5.74) is 2.09. The lowest BCUT2D eigenvalue weighted by Gasteiger charge is -2.43. The average Bonchev–Trinajstić information content (AvgIpc) is 3.51. The van der Waals surface area contributed by atoms with E-state index in [1.54, 1.807) is 0 Å². The van der Waals surface area contributed by atoms with E-state index in [0.717, 1.165) is 26.0 Å². The number of fused-ring (bicyclic) bond motifs is 1. The van der Waals surface area contributed by atoms with Gasteiger partial charge in [0.15, 0.2) is 5.82 Å². The molecule has 1 saturated carbocycles. The van der Waals surface area contributed by atoms with Crippen molar-refractivity contribution in [3.63, 3.8) is 0 Å². The molecule has 1 aliphatic carbocycles. The number of carbonyl (C=O) groups excluding carboxylic acids is 1. The van der Waals surface area contributed by atoms with Crippen LogP contribution >= 0.6 is 11.6 Å². The molecule has 0 saturated heterocycles. The first-order valence-corrected chi connectivity index (χ1v) is 9.70. The first-order chi connectivity index (χ1) is 14.5. The van der Waals surface area contributed by atoms with Gasteiger partial charge in [-0.2, -0.15) is 13.2 Å². The highest BCUT2D eigenvalue weighted by atomic mass is 35.5. The van der Waals surface area contributed by atoms with Crippen molar-refractivity contribution in [2.24, 2.45) is 5.92 Å². The van der Waals surface area contributed by atoms with Crippen LogP contribution in [0.1, 0.15) is 24.0 Å². The molecule has 3 N–H and O–H groups in total. The fourth-order valence-electron chi connectivity index (χ4n) is 3.45. The van der Waals surface area contributed by atoms with Crippen molar-refractivity contribution in [1.29, 1.82) is 0 Å². The van der Waals surface area contributed by atoms with E-state index in [9.17, 15) is 22.8 Å². The van der Waals surface area contributed by atoms with Crippen LogP contribution in [-0.2, 0) is 12.1 Å². The molecule has 2 heterocycles. The summed E-state index contributed by atoms with van der Waals surface area (Å²) in [6.45, 7) is -0.0733. The highest BCUT2D eigenvalue weighted by Crippen LogP contribution is 2.49. The van der Waals surface area contributed by atoms with Crippen molar-refractivity contribution < 1.29 is 18.0 Å². The Morgan fingerprint density at radius 2 is 2.06 bits per heavy atom. The SMILES string of the molecule is CN1C(=O)Nc2cc(Cn3ccnc(N)c3=O)c(Cl)cc2[C@@]1(C#CC1CC1)C(F)(F)F. The zero-order chi connectivity index (χ0) is 22.6. The number of nitrogens with two attached hydrogens (primary N) is 1. The second-order valence-corrected chi connectivity index (χ2v) is 7.88. The first-order valence-electron chi connectivity index (χ1n) is 9.32. The number of hydrogen-bond donors (Lipinski definition) is 2. The molecule has 31 heavy (non-hydrogen) atoms. The molecule has 2 aliphatic rings. The molecule has 0 spiro atoms. The Bertz CT molecular complexity index is 1200. The highest BCUT2D eigenvalue weighted by Gasteiger charge is 2.62. The smallest absolute Gasteiger partial charge is 0.379 e. The lowest BCUT2D eigenvalue weighted by atomic mass is 9.84. The fourth-order valence-corrected chi connectivity index (χ4v) is 3.67. The lowest BCUT2D eigenvalue weighted by Crippen LogP contribution is -2.59. The van der Waals surface area contributed by atoms with Gasteiger partial charge in [0.05, 0.1) is 6.54 Å². The van der Waals surface area contributed by atoms with Crippen LogP contribution < -0.4 is 16.6 Å². The lowest BCUT2D eigenvalue weighted by molar-refractivity contribution is -0.203. The molecule has 7 nitrogen and oxygen atoms in total. The van der Waals surface area contributed by atoms with Crippen LogP contribution in [0.15, 0.2) is 29.3 Å². The Labute approximate surface area is 180 Å². The number of alkyl halides is 3. The van der Waals surface area contributed by atoms with Crippen LogP contribution in [0.3, 0.4) is 0 Å². The van der Waals surface area contributed by atoms with Gasteiger partial charge >= 0.3 is 12.2 Å². The highest BCUT2D eigenvalue weighted by molar-refractivity contribution is 6.31. The van der Waals surface area contributed by atoms with Crippen LogP contribution in [0, 0.1) is 17.8 Å². The molecule has 0 unspecified atom stereocenters. The number of urea groups is 1. The number of carbonyl (C=O) groups is 1. The maximum Gasteiger partial charge on any atom is 0.427 e. The third-order valence-corrected chi connectivity index (χ3v) is 5.70. The predicted molar refractivity (Wildman–Crippen MR) is 108 cm³/mol. The van der Waals surface area contributed by atoms with E-state index in [2.05, 4.69) is 22.1 Å². The van der Waals surface area contributed by atoms with Gasteiger partial charge in [0.25, 0.3) is 5.56 Å². The zero-order valence-electron chi connectivity index (χ0n) is 16.3. The van der Waals surface area contributed by atoms with Gasteiger partial charge in [-0.05, 0) is 30.5 Å². The predicted octanol–water partition coefficient (Wildman–Crippen LogP) is 3.18. The van der Waals surface area contributed by atoms with Gasteiger partial charge in [-0.15, -0.1) is 0 Å². The summed E-state index contributed by atoms with van der Waals surface area (Å²) in [7, 11) is 1.05. The van der Waals surface area contributed by atoms with Crippen LogP contribution in [0.2, 0.25) is 5.02 Å². The standard InChI is InChI=1S/C20H17ClF3N5O2/c1-28-18(31)27-15-8-12(10-29-7-6-26-16(25)17(29)30)14(21)9-13(15)19(28,20(22,23)24)5-4-11-2-3-11/h6-9,11H,2-3,10H2,1H3,(H2,25,26)(H,27,31)/t19-/m0/s1. The molecule has 1 atom stereocenters. The Kier molecular flexibility index (Phi) is 4.89. The molecule has 1 aromatic heterocycles. The van der Waals surface area contributed by atoms with E-state index < -0.39 is 23.3 Å². The molecule has 1 aliphatic heterocycles. The number of aromatic nitrogens is 2. The van der Waals surface area contributed by atoms with Gasteiger partial charge in [0, 0.05) is 41.6 Å². The number of anilines is 2. The number of amides is 2. The molecule has 2 aromatic rings. The third kappa shape index (κ3) is 3.49. The van der Waals surface area contributed by atoms with Gasteiger partial charge in [-0.3, -0.25) is 9.69 Å². The van der Waals surface area contributed by atoms with Crippen LogP contribution in [0.4, 0.5) is 29.5 Å². The number of halogens is 4. The van der Waals surface area contributed by atoms with Crippen LogP contribution in [0.5, 0.6) is 0 Å². The fraction of sp³-hybridized carbons (Fsp3) is 0.350. The Hall–Kier alpha value is -3.19. The molecule has 0 radical (unpaired) electrons. The summed E-state index contributed by atoms with van der Waals surface area (Å²) < 4.78 is 44.5. The third-order valence-electron chi connectivity index (χ3n) is 5.35. The van der Waals surface area contributed by atoms with Gasteiger partial charge in [0.2, 0.25) is 5.54 Å². The van der Waals surface area contributed by atoms with E-state index in [1.165, 1.54) is 23.0 Å². The Balaban J connectivity index is 1.88. The summed E-state index contributed by atoms with van der Waals surface area (Å²) in [5.74, 6) is 4.65. The Morgan fingerprint density at radius 3 is 2.71 bits per heavy atom. The van der Waals surface area contributed by atoms with Crippen molar-refractivity contribution in [3.8, 4) is 11.8 Å². The average molecular weight is 452 g/mol. The summed E-state index contributed by atoms with van der Waals surface area (Å²) in [5, 5.41) is 2.45. The first kappa shape index (κ1) is 21.1. The van der Waals surface area contributed by atoms with Crippen molar-refractivity contribution in [1.82, 2.24) is 14.5 Å². The molecular weight excluding hydrogens is 435 g/mol. The molecule has 4 rings (SSSR count). The Morgan fingerprint density at radius 1 is 1.35 bits per heavy atom. The maximum absolute atomic E-state index is 14.4. The molecule has 1 fully saturated rings. The molecule has 1 aromatic carbocycles. The summed E-state index contributed by atoms with van der Waals surface area (Å²) in [6.07, 6.45) is -0.720. The van der Waals surface area contributed by atoms with Crippen molar-refractivity contribution in [2.75, 3.05) is 18.1 Å². The number of hydrogen-bond acceptors (Lipinski definition) is 4. The van der Waals surface area contributed by atoms with Crippen molar-refractivity contribution in [2.45, 2.75) is 31.1 Å². The van der Waals surface area contributed by atoms with Crippen LogP contribution in [0.25, 0.3) is 0 Å². The van der Waals surface area contributed by atoms with E-state index in [-0.39, 0.29) is 34.6 Å². The van der Waals surface area contributed by atoms with Gasteiger partial charge in [-0.1, -0.05) is 23.4 Å². The summed E-state index contributed by atoms with van der Waals surface area (Å²) in [4.78, 5) is 28.9. The number of rotatable bonds is 2. The zero-order valence-corrected chi connectivity index (χ0v) is 17.0. The number of nitrogens with one attached hydrogen (secondary N) is 1. The van der Waals surface area contributed by atoms with Gasteiger partial charge in [0.1, 0.15) is 0 Å². The number of nitrogen functional groups attached to an aromatic ring is 1. The molecule has 2 amide bonds. The molecule has 11 heteroatoms. The molecule has 0 bridgehead atoms. The second kappa shape index (κ2) is 7.20.